The molecule has 0 bridgehead atoms. The molecule has 0 spiro atoms. The van der Waals surface area contributed by atoms with Crippen LogP contribution in [0.2, 0.25) is 0 Å². The van der Waals surface area contributed by atoms with E-state index in [4.69, 9.17) is 0 Å². The van der Waals surface area contributed by atoms with Gasteiger partial charge < -0.3 is 10.2 Å². The molecule has 1 N–H and O–H groups in total. The van der Waals surface area contributed by atoms with Gasteiger partial charge in [-0.25, -0.2) is 8.42 Å². The molecule has 30 heavy (non-hydrogen) atoms. The summed E-state index contributed by atoms with van der Waals surface area (Å²) in [4.78, 5) is 14.6. The number of carbonyl (C=O) groups excluding carboxylic acids is 1. The van der Waals surface area contributed by atoms with E-state index in [0.29, 0.717) is 12.1 Å². The van der Waals surface area contributed by atoms with Gasteiger partial charge in [0.25, 0.3) is 5.91 Å². The zero-order valence-electron chi connectivity index (χ0n) is 18.0. The number of aryl methyl sites for hydroxylation is 1. The molecule has 0 aliphatic carbocycles. The van der Waals surface area contributed by atoms with Gasteiger partial charge in [-0.1, -0.05) is 35.9 Å². The summed E-state index contributed by atoms with van der Waals surface area (Å²) in [6.45, 7) is 7.52. The lowest BCUT2D eigenvalue weighted by Crippen LogP contribution is -2.31. The van der Waals surface area contributed by atoms with Crippen LogP contribution in [0.4, 0.5) is 0 Å². The Morgan fingerprint density at radius 1 is 1.07 bits per heavy atom. The number of benzene rings is 2. The van der Waals surface area contributed by atoms with Crippen LogP contribution in [0.1, 0.15) is 27.9 Å². The second-order valence-corrected chi connectivity index (χ2v) is 9.45. The molecule has 0 atom stereocenters. The van der Waals surface area contributed by atoms with Gasteiger partial charge in [0.2, 0.25) is 10.0 Å². The maximum Gasteiger partial charge on any atom is 0.251 e. The first kappa shape index (κ1) is 23.8. The predicted octanol–water partition coefficient (Wildman–Crippen LogP) is 3.05. The summed E-state index contributed by atoms with van der Waals surface area (Å²) in [5.74, 6) is -0.129. The van der Waals surface area contributed by atoms with Gasteiger partial charge in [0.1, 0.15) is 0 Å². The molecule has 0 heterocycles. The summed E-state index contributed by atoms with van der Waals surface area (Å²) in [7, 11) is 0.343. The Morgan fingerprint density at radius 2 is 1.70 bits per heavy atom. The number of rotatable bonds is 11. The third kappa shape index (κ3) is 6.79. The summed E-state index contributed by atoms with van der Waals surface area (Å²) >= 11 is 0. The van der Waals surface area contributed by atoms with E-state index < -0.39 is 10.0 Å². The van der Waals surface area contributed by atoms with Gasteiger partial charge in [0, 0.05) is 25.2 Å². The van der Waals surface area contributed by atoms with E-state index >= 15 is 0 Å². The van der Waals surface area contributed by atoms with Gasteiger partial charge in [-0.2, -0.15) is 4.31 Å². The summed E-state index contributed by atoms with van der Waals surface area (Å²) in [6, 6.07) is 13.8. The van der Waals surface area contributed by atoms with Crippen molar-refractivity contribution in [2.24, 2.45) is 0 Å². The van der Waals surface area contributed by atoms with Crippen LogP contribution in [0.5, 0.6) is 0 Å². The van der Waals surface area contributed by atoms with Crippen LogP contribution >= 0.6 is 0 Å². The quantitative estimate of drug-likeness (QED) is 0.440. The SMILES string of the molecule is C=CCN(Cc1ccc(C(=O)NCCCN(C)C)cc1)S(=O)(=O)c1ccc(C)cc1. The third-order valence-electron chi connectivity index (χ3n) is 4.63. The fraction of sp³-hybridized carbons (Fsp3) is 0.348. The van der Waals surface area contributed by atoms with E-state index in [1.807, 2.05) is 21.0 Å². The number of nitrogens with zero attached hydrogens (tertiary/aromatic N) is 2. The summed E-state index contributed by atoms with van der Waals surface area (Å²) in [5, 5.41) is 2.90. The van der Waals surface area contributed by atoms with Crippen molar-refractivity contribution in [3.8, 4) is 0 Å². The second-order valence-electron chi connectivity index (χ2n) is 7.51. The number of nitrogens with one attached hydrogen (secondary N) is 1. The monoisotopic (exact) mass is 429 g/mol. The van der Waals surface area contributed by atoms with E-state index in [1.54, 1.807) is 54.6 Å². The molecule has 2 rings (SSSR count). The van der Waals surface area contributed by atoms with Crippen LogP contribution in [0.15, 0.2) is 66.1 Å². The number of sulfonamides is 1. The normalized spacial score (nSPS) is 11.6. The van der Waals surface area contributed by atoms with E-state index in [1.165, 1.54) is 4.31 Å². The summed E-state index contributed by atoms with van der Waals surface area (Å²) < 4.78 is 27.4. The molecule has 0 radical (unpaired) electrons. The molecule has 0 unspecified atom stereocenters. The van der Waals surface area contributed by atoms with E-state index in [-0.39, 0.29) is 23.9 Å². The molecule has 7 heteroatoms. The maximum atomic E-state index is 13.0. The molecule has 2 aromatic carbocycles. The highest BCUT2D eigenvalue weighted by atomic mass is 32.2. The lowest BCUT2D eigenvalue weighted by Gasteiger charge is -2.21. The molecule has 0 saturated heterocycles. The number of hydrogen-bond donors (Lipinski definition) is 1. The van der Waals surface area contributed by atoms with Crippen molar-refractivity contribution in [1.82, 2.24) is 14.5 Å². The molecule has 0 aliphatic heterocycles. The Kier molecular flexibility index (Phi) is 8.77. The predicted molar refractivity (Wildman–Crippen MR) is 121 cm³/mol. The molecule has 0 saturated carbocycles. The Bertz CT molecular complexity index is 937. The highest BCUT2D eigenvalue weighted by Crippen LogP contribution is 2.19. The van der Waals surface area contributed by atoms with Crippen LogP contribution in [0, 0.1) is 6.92 Å². The standard InChI is InChI=1S/C23H31N3O3S/c1-5-16-26(30(28,29)22-13-7-19(2)8-14-22)18-20-9-11-21(12-10-20)23(27)24-15-6-17-25(3)4/h5,7-14H,1,6,15-18H2,2-4H3,(H,24,27). The van der Waals surface area contributed by atoms with Crippen molar-refractivity contribution in [2.75, 3.05) is 33.7 Å². The Balaban J connectivity index is 2.06. The van der Waals surface area contributed by atoms with E-state index in [9.17, 15) is 13.2 Å². The zero-order chi connectivity index (χ0) is 22.1. The van der Waals surface area contributed by atoms with Crippen molar-refractivity contribution in [2.45, 2.75) is 24.8 Å². The van der Waals surface area contributed by atoms with Crippen molar-refractivity contribution >= 4 is 15.9 Å². The Hall–Kier alpha value is -2.48. The second kappa shape index (κ2) is 11.1. The summed E-state index contributed by atoms with van der Waals surface area (Å²) in [5.41, 5.74) is 2.36. The zero-order valence-corrected chi connectivity index (χ0v) is 18.8. The number of amides is 1. The Morgan fingerprint density at radius 3 is 2.27 bits per heavy atom. The van der Waals surface area contributed by atoms with Gasteiger partial charge in [-0.15, -0.1) is 6.58 Å². The number of hydrogen-bond acceptors (Lipinski definition) is 4. The Labute approximate surface area is 180 Å². The van der Waals surface area contributed by atoms with Gasteiger partial charge in [0.15, 0.2) is 0 Å². The average molecular weight is 430 g/mol. The van der Waals surface area contributed by atoms with Gasteiger partial charge in [0.05, 0.1) is 4.90 Å². The first-order valence-corrected chi connectivity index (χ1v) is 11.4. The van der Waals surface area contributed by atoms with Crippen LogP contribution in [-0.2, 0) is 16.6 Å². The first-order valence-electron chi connectivity index (χ1n) is 9.93. The van der Waals surface area contributed by atoms with Crippen molar-refractivity contribution in [3.63, 3.8) is 0 Å². The average Bonchev–Trinajstić information content (AvgIpc) is 2.71. The van der Waals surface area contributed by atoms with E-state index in [2.05, 4.69) is 16.8 Å². The van der Waals surface area contributed by atoms with Crippen LogP contribution < -0.4 is 5.32 Å². The molecule has 0 aliphatic rings. The fourth-order valence-corrected chi connectivity index (χ4v) is 4.31. The third-order valence-corrected chi connectivity index (χ3v) is 6.46. The summed E-state index contributed by atoms with van der Waals surface area (Å²) in [6.07, 6.45) is 2.45. The van der Waals surface area contributed by atoms with Gasteiger partial charge >= 0.3 is 0 Å². The lowest BCUT2D eigenvalue weighted by molar-refractivity contribution is 0.0952. The molecule has 6 nitrogen and oxygen atoms in total. The van der Waals surface area contributed by atoms with Crippen LogP contribution in [0.3, 0.4) is 0 Å². The minimum absolute atomic E-state index is 0.129. The van der Waals surface area contributed by atoms with Crippen molar-refractivity contribution in [3.05, 3.63) is 77.9 Å². The highest BCUT2D eigenvalue weighted by molar-refractivity contribution is 7.89. The fourth-order valence-electron chi connectivity index (χ4n) is 2.92. The topological polar surface area (TPSA) is 69.7 Å². The van der Waals surface area contributed by atoms with E-state index in [0.717, 1.165) is 24.1 Å². The molecular formula is C23H31N3O3S. The van der Waals surface area contributed by atoms with Crippen molar-refractivity contribution < 1.29 is 13.2 Å². The highest BCUT2D eigenvalue weighted by Gasteiger charge is 2.23. The van der Waals surface area contributed by atoms with Crippen LogP contribution in [0.25, 0.3) is 0 Å². The molecular weight excluding hydrogens is 398 g/mol. The maximum absolute atomic E-state index is 13.0. The van der Waals surface area contributed by atoms with Gasteiger partial charge in [-0.3, -0.25) is 4.79 Å². The molecule has 162 valence electrons. The minimum Gasteiger partial charge on any atom is -0.352 e. The molecule has 0 aromatic heterocycles. The van der Waals surface area contributed by atoms with Crippen molar-refractivity contribution in [1.29, 1.82) is 0 Å². The molecule has 2 aromatic rings. The lowest BCUT2D eigenvalue weighted by atomic mass is 10.1. The first-order chi connectivity index (χ1) is 14.2. The number of carbonyl (C=O) groups is 1. The molecule has 1 amide bonds. The minimum atomic E-state index is -3.65. The van der Waals surface area contributed by atoms with Gasteiger partial charge in [-0.05, 0) is 63.8 Å². The molecule has 0 fully saturated rings. The largest absolute Gasteiger partial charge is 0.352 e. The smallest absolute Gasteiger partial charge is 0.251 e. The van der Waals surface area contributed by atoms with Crippen LogP contribution in [-0.4, -0.2) is 57.3 Å².